The zero-order valence-corrected chi connectivity index (χ0v) is 9.40. The fraction of sp³-hybridized carbons (Fsp3) is 0.545. The number of nitrogens with zero attached hydrogens (tertiary/aromatic N) is 1. The highest BCUT2D eigenvalue weighted by molar-refractivity contribution is 5.81. The number of carbonyl (C=O) groups is 1. The third-order valence-electron chi connectivity index (χ3n) is 2.67. The van der Waals surface area contributed by atoms with Crippen molar-refractivity contribution in [3.05, 3.63) is 24.0 Å². The number of ether oxygens (including phenoxy) is 1. The van der Waals surface area contributed by atoms with Crippen LogP contribution in [0.5, 0.6) is 0 Å². The van der Waals surface area contributed by atoms with Crippen LogP contribution in [0.25, 0.3) is 0 Å². The van der Waals surface area contributed by atoms with E-state index in [-0.39, 0.29) is 11.9 Å². The van der Waals surface area contributed by atoms with Crippen molar-refractivity contribution in [2.45, 2.75) is 12.6 Å². The Kier molecular flexibility index (Phi) is 3.58. The first-order valence-corrected chi connectivity index (χ1v) is 5.46. The van der Waals surface area contributed by atoms with E-state index in [0.717, 1.165) is 12.2 Å². The van der Waals surface area contributed by atoms with Gasteiger partial charge in [0, 0.05) is 25.5 Å². The van der Waals surface area contributed by atoms with Gasteiger partial charge in [-0.2, -0.15) is 0 Å². The molecule has 0 saturated carbocycles. The van der Waals surface area contributed by atoms with Crippen LogP contribution in [0, 0.1) is 0 Å². The van der Waals surface area contributed by atoms with Gasteiger partial charge in [0.2, 0.25) is 5.91 Å². The number of carbonyl (C=O) groups excluding carboxylic acids is 1. The molecule has 1 aliphatic rings. The van der Waals surface area contributed by atoms with Gasteiger partial charge in [-0.25, -0.2) is 0 Å². The number of amides is 1. The average Bonchev–Trinajstić information content (AvgIpc) is 2.82. The first kappa shape index (κ1) is 11.2. The van der Waals surface area contributed by atoms with Gasteiger partial charge in [0.1, 0.15) is 6.04 Å². The second kappa shape index (κ2) is 5.14. The fourth-order valence-corrected chi connectivity index (χ4v) is 1.79. The van der Waals surface area contributed by atoms with E-state index >= 15 is 0 Å². The Balaban J connectivity index is 1.88. The lowest BCUT2D eigenvalue weighted by Gasteiger charge is -2.27. The van der Waals surface area contributed by atoms with Gasteiger partial charge in [-0.05, 0) is 12.1 Å². The topological polar surface area (TPSA) is 57.4 Å². The number of rotatable bonds is 3. The smallest absolute Gasteiger partial charge is 0.242 e. The van der Waals surface area contributed by atoms with Crippen LogP contribution in [-0.4, -0.2) is 48.6 Å². The van der Waals surface area contributed by atoms with Crippen LogP contribution in [0.3, 0.4) is 0 Å². The molecule has 0 aromatic carbocycles. The van der Waals surface area contributed by atoms with E-state index in [0.29, 0.717) is 19.8 Å². The summed E-state index contributed by atoms with van der Waals surface area (Å²) < 4.78 is 5.27. The van der Waals surface area contributed by atoms with Gasteiger partial charge in [0.25, 0.3) is 0 Å². The van der Waals surface area contributed by atoms with E-state index in [1.807, 2.05) is 18.3 Å². The molecule has 2 heterocycles. The minimum atomic E-state index is -0.200. The molecule has 1 fully saturated rings. The summed E-state index contributed by atoms with van der Waals surface area (Å²) in [6.07, 6.45) is 1.86. The molecule has 1 amide bonds. The minimum absolute atomic E-state index is 0.0781. The molecule has 2 rings (SSSR count). The fourth-order valence-electron chi connectivity index (χ4n) is 1.79. The second-order valence-corrected chi connectivity index (χ2v) is 3.97. The Bertz CT molecular complexity index is 331. The molecule has 1 atom stereocenters. The Morgan fingerprint density at radius 1 is 1.69 bits per heavy atom. The molecule has 1 aromatic heterocycles. The van der Waals surface area contributed by atoms with Gasteiger partial charge >= 0.3 is 0 Å². The summed E-state index contributed by atoms with van der Waals surface area (Å²) >= 11 is 0. The molecular weight excluding hydrogens is 206 g/mol. The number of H-pyrrole nitrogens is 1. The summed E-state index contributed by atoms with van der Waals surface area (Å²) in [5, 5.41) is 3.15. The molecule has 0 bridgehead atoms. The van der Waals surface area contributed by atoms with Crippen molar-refractivity contribution >= 4 is 5.91 Å². The summed E-state index contributed by atoms with van der Waals surface area (Å²) in [6.45, 7) is 2.49. The van der Waals surface area contributed by atoms with Gasteiger partial charge < -0.3 is 19.9 Å². The SMILES string of the molecule is CN(Cc1ccc[nH]1)C(=O)C1COCCN1. The third kappa shape index (κ3) is 2.62. The Morgan fingerprint density at radius 3 is 3.19 bits per heavy atom. The third-order valence-corrected chi connectivity index (χ3v) is 2.67. The Hall–Kier alpha value is -1.33. The normalized spacial score (nSPS) is 20.7. The van der Waals surface area contributed by atoms with Crippen molar-refractivity contribution in [3.8, 4) is 0 Å². The van der Waals surface area contributed by atoms with Crippen LogP contribution in [0.2, 0.25) is 0 Å². The standard InChI is InChI=1S/C11H17N3O2/c1-14(7-9-3-2-4-12-9)11(15)10-8-16-6-5-13-10/h2-4,10,12-13H,5-8H2,1H3. The molecule has 0 aliphatic carbocycles. The van der Waals surface area contributed by atoms with Crippen molar-refractivity contribution in [2.24, 2.45) is 0 Å². The van der Waals surface area contributed by atoms with Gasteiger partial charge in [-0.15, -0.1) is 0 Å². The van der Waals surface area contributed by atoms with Crippen molar-refractivity contribution < 1.29 is 9.53 Å². The Morgan fingerprint density at radius 2 is 2.56 bits per heavy atom. The van der Waals surface area contributed by atoms with Gasteiger partial charge in [0.15, 0.2) is 0 Å². The molecule has 1 aliphatic heterocycles. The molecule has 16 heavy (non-hydrogen) atoms. The quantitative estimate of drug-likeness (QED) is 0.756. The van der Waals surface area contributed by atoms with Gasteiger partial charge in [0.05, 0.1) is 19.8 Å². The van der Waals surface area contributed by atoms with Crippen LogP contribution < -0.4 is 5.32 Å². The lowest BCUT2D eigenvalue weighted by molar-refractivity contribution is -0.135. The number of aromatic amines is 1. The molecule has 0 radical (unpaired) electrons. The molecule has 5 nitrogen and oxygen atoms in total. The first-order valence-electron chi connectivity index (χ1n) is 5.46. The number of hydrogen-bond donors (Lipinski definition) is 2. The number of morpholine rings is 1. The molecule has 1 unspecified atom stereocenters. The molecule has 0 spiro atoms. The van der Waals surface area contributed by atoms with Crippen molar-refractivity contribution in [3.63, 3.8) is 0 Å². The van der Waals surface area contributed by atoms with Crippen LogP contribution in [0.4, 0.5) is 0 Å². The highest BCUT2D eigenvalue weighted by Crippen LogP contribution is 2.03. The van der Waals surface area contributed by atoms with Crippen LogP contribution in [0.1, 0.15) is 5.69 Å². The average molecular weight is 223 g/mol. The summed E-state index contributed by atoms with van der Waals surface area (Å²) in [5.74, 6) is 0.0781. The molecule has 88 valence electrons. The van der Waals surface area contributed by atoms with Crippen LogP contribution in [-0.2, 0) is 16.1 Å². The zero-order chi connectivity index (χ0) is 11.4. The second-order valence-electron chi connectivity index (χ2n) is 3.97. The predicted octanol–water partition coefficient (Wildman–Crippen LogP) is -0.0385. The van der Waals surface area contributed by atoms with Crippen molar-refractivity contribution in [1.82, 2.24) is 15.2 Å². The molecular formula is C11H17N3O2. The summed E-state index contributed by atoms with van der Waals surface area (Å²) in [6, 6.07) is 3.69. The lowest BCUT2D eigenvalue weighted by Crippen LogP contribution is -2.51. The maximum absolute atomic E-state index is 12.0. The molecule has 1 saturated heterocycles. The molecule has 1 aromatic rings. The van der Waals surface area contributed by atoms with Crippen LogP contribution in [0.15, 0.2) is 18.3 Å². The number of nitrogens with one attached hydrogen (secondary N) is 2. The summed E-state index contributed by atoms with van der Waals surface area (Å²) in [4.78, 5) is 16.8. The van der Waals surface area contributed by atoms with E-state index in [1.165, 1.54) is 0 Å². The molecule has 5 heteroatoms. The lowest BCUT2D eigenvalue weighted by atomic mass is 10.2. The predicted molar refractivity (Wildman–Crippen MR) is 59.9 cm³/mol. The first-order chi connectivity index (χ1) is 7.77. The number of aromatic nitrogens is 1. The van der Waals surface area contributed by atoms with E-state index in [9.17, 15) is 4.79 Å². The minimum Gasteiger partial charge on any atom is -0.378 e. The summed E-state index contributed by atoms with van der Waals surface area (Å²) in [7, 11) is 1.81. The van der Waals surface area contributed by atoms with Gasteiger partial charge in [-0.1, -0.05) is 0 Å². The van der Waals surface area contributed by atoms with Crippen molar-refractivity contribution in [2.75, 3.05) is 26.8 Å². The van der Waals surface area contributed by atoms with E-state index in [2.05, 4.69) is 10.3 Å². The highest BCUT2D eigenvalue weighted by atomic mass is 16.5. The largest absolute Gasteiger partial charge is 0.378 e. The zero-order valence-electron chi connectivity index (χ0n) is 9.40. The maximum atomic E-state index is 12.0. The maximum Gasteiger partial charge on any atom is 0.242 e. The van der Waals surface area contributed by atoms with E-state index in [4.69, 9.17) is 4.74 Å². The van der Waals surface area contributed by atoms with E-state index < -0.39 is 0 Å². The summed E-state index contributed by atoms with van der Waals surface area (Å²) in [5.41, 5.74) is 1.03. The number of likely N-dealkylation sites (N-methyl/N-ethyl adjacent to an activating group) is 1. The van der Waals surface area contributed by atoms with Crippen LogP contribution >= 0.6 is 0 Å². The monoisotopic (exact) mass is 223 g/mol. The Labute approximate surface area is 94.8 Å². The highest BCUT2D eigenvalue weighted by Gasteiger charge is 2.24. The van der Waals surface area contributed by atoms with Crippen molar-refractivity contribution in [1.29, 1.82) is 0 Å². The van der Waals surface area contributed by atoms with Gasteiger partial charge in [-0.3, -0.25) is 4.79 Å². The molecule has 2 N–H and O–H groups in total. The number of hydrogen-bond acceptors (Lipinski definition) is 3. The van der Waals surface area contributed by atoms with E-state index in [1.54, 1.807) is 11.9 Å².